The van der Waals surface area contributed by atoms with E-state index in [0.29, 0.717) is 16.9 Å². The van der Waals surface area contributed by atoms with Gasteiger partial charge in [-0.2, -0.15) is 0 Å². The Morgan fingerprint density at radius 2 is 2.27 bits per heavy atom. The number of hydrogen-bond donors (Lipinski definition) is 1. The maximum absolute atomic E-state index is 5.74. The molecule has 80 valence electrons. The molecule has 0 aromatic rings. The van der Waals surface area contributed by atoms with Gasteiger partial charge in [0, 0.05) is 11.0 Å². The minimum atomic E-state index is 0.322. The third-order valence-electron chi connectivity index (χ3n) is 2.64. The average Bonchev–Trinajstić information content (AvgIpc) is 2.17. The maximum atomic E-state index is 5.74. The van der Waals surface area contributed by atoms with Gasteiger partial charge < -0.3 is 5.73 Å². The highest BCUT2D eigenvalue weighted by atomic mass is 35.5. The van der Waals surface area contributed by atoms with Crippen LogP contribution in [0.15, 0.2) is 59.8 Å². The first kappa shape index (κ1) is 11.9. The average molecular weight is 222 g/mol. The minimum absolute atomic E-state index is 0.322. The van der Waals surface area contributed by atoms with Crippen molar-refractivity contribution in [2.24, 2.45) is 17.6 Å². The highest BCUT2D eigenvalue weighted by Gasteiger charge is 2.20. The highest BCUT2D eigenvalue weighted by Crippen LogP contribution is 2.33. The minimum Gasteiger partial charge on any atom is -0.405 e. The topological polar surface area (TPSA) is 26.0 Å². The Morgan fingerprint density at radius 1 is 1.60 bits per heavy atom. The van der Waals surface area contributed by atoms with Gasteiger partial charge in [0.15, 0.2) is 0 Å². The van der Waals surface area contributed by atoms with Gasteiger partial charge in [0.05, 0.1) is 0 Å². The van der Waals surface area contributed by atoms with Gasteiger partial charge in [0.1, 0.15) is 0 Å². The number of hydrogen-bond acceptors (Lipinski definition) is 1. The summed E-state index contributed by atoms with van der Waals surface area (Å²) in [6.07, 6.45) is 9.50. The molecule has 0 amide bonds. The fourth-order valence-corrected chi connectivity index (χ4v) is 1.77. The molecule has 0 aromatic carbocycles. The van der Waals surface area contributed by atoms with Crippen LogP contribution in [-0.4, -0.2) is 0 Å². The van der Waals surface area contributed by atoms with Crippen LogP contribution in [-0.2, 0) is 0 Å². The van der Waals surface area contributed by atoms with Crippen LogP contribution < -0.4 is 5.73 Å². The van der Waals surface area contributed by atoms with Gasteiger partial charge >= 0.3 is 0 Å². The van der Waals surface area contributed by atoms with Crippen LogP contribution in [0.4, 0.5) is 0 Å². The van der Waals surface area contributed by atoms with Crippen LogP contribution in [0.2, 0.25) is 0 Å². The van der Waals surface area contributed by atoms with Gasteiger partial charge in [-0.1, -0.05) is 49.9 Å². The first-order valence-electron chi connectivity index (χ1n) is 4.88. The van der Waals surface area contributed by atoms with Crippen LogP contribution >= 0.6 is 11.6 Å². The SMILES string of the molecule is C=C(Cl)/C=C1/C=CC(/C=C/N)C(C)C1=C. The Bertz CT molecular complexity index is 361. The molecule has 0 saturated heterocycles. The molecule has 1 nitrogen and oxygen atoms in total. The quantitative estimate of drug-likeness (QED) is 0.759. The van der Waals surface area contributed by atoms with Crippen molar-refractivity contribution in [3.05, 3.63) is 59.8 Å². The molecule has 1 rings (SSSR count). The van der Waals surface area contributed by atoms with E-state index in [1.807, 2.05) is 18.2 Å². The van der Waals surface area contributed by atoms with Gasteiger partial charge in [-0.05, 0) is 29.3 Å². The summed E-state index contributed by atoms with van der Waals surface area (Å²) in [5, 5.41) is 0.524. The van der Waals surface area contributed by atoms with Crippen molar-refractivity contribution in [1.29, 1.82) is 0 Å². The zero-order chi connectivity index (χ0) is 11.4. The van der Waals surface area contributed by atoms with Crippen molar-refractivity contribution in [3.8, 4) is 0 Å². The monoisotopic (exact) mass is 221 g/mol. The summed E-state index contributed by atoms with van der Waals surface area (Å²) >= 11 is 5.74. The van der Waals surface area contributed by atoms with Crippen LogP contribution in [0.1, 0.15) is 6.92 Å². The van der Waals surface area contributed by atoms with E-state index >= 15 is 0 Å². The van der Waals surface area contributed by atoms with Crippen molar-refractivity contribution in [3.63, 3.8) is 0 Å². The van der Waals surface area contributed by atoms with E-state index < -0.39 is 0 Å². The first-order chi connectivity index (χ1) is 7.06. The van der Waals surface area contributed by atoms with E-state index in [4.69, 9.17) is 17.3 Å². The van der Waals surface area contributed by atoms with E-state index in [1.54, 1.807) is 6.20 Å². The summed E-state index contributed by atoms with van der Waals surface area (Å²) in [5.74, 6) is 0.667. The molecule has 0 fully saturated rings. The van der Waals surface area contributed by atoms with E-state index in [1.165, 1.54) is 0 Å². The lowest BCUT2D eigenvalue weighted by Crippen LogP contribution is -2.14. The van der Waals surface area contributed by atoms with Crippen molar-refractivity contribution in [2.45, 2.75) is 6.92 Å². The number of halogens is 1. The second-order valence-corrected chi connectivity index (χ2v) is 4.17. The Kier molecular flexibility index (Phi) is 3.98. The van der Waals surface area contributed by atoms with E-state index in [2.05, 4.69) is 26.2 Å². The lowest BCUT2D eigenvalue weighted by Gasteiger charge is -2.25. The smallest absolute Gasteiger partial charge is 0.0340 e. The molecule has 1 aliphatic rings. The lowest BCUT2D eigenvalue weighted by atomic mass is 9.79. The zero-order valence-corrected chi connectivity index (χ0v) is 9.67. The van der Waals surface area contributed by atoms with E-state index in [-0.39, 0.29) is 0 Å². The predicted octanol–water partition coefficient (Wildman–Crippen LogP) is 3.52. The number of rotatable bonds is 2. The zero-order valence-electron chi connectivity index (χ0n) is 8.91. The van der Waals surface area contributed by atoms with Crippen LogP contribution in [0.25, 0.3) is 0 Å². The molecule has 15 heavy (non-hydrogen) atoms. The second kappa shape index (κ2) is 5.04. The molecule has 2 atom stereocenters. The van der Waals surface area contributed by atoms with Gasteiger partial charge in [0.25, 0.3) is 0 Å². The first-order valence-corrected chi connectivity index (χ1v) is 5.26. The lowest BCUT2D eigenvalue weighted by molar-refractivity contribution is 0.575. The van der Waals surface area contributed by atoms with Gasteiger partial charge in [-0.25, -0.2) is 0 Å². The van der Waals surface area contributed by atoms with E-state index in [0.717, 1.165) is 11.1 Å². The molecule has 0 spiro atoms. The van der Waals surface area contributed by atoms with Crippen molar-refractivity contribution in [2.75, 3.05) is 0 Å². The molecule has 0 saturated carbocycles. The van der Waals surface area contributed by atoms with E-state index in [9.17, 15) is 0 Å². The maximum Gasteiger partial charge on any atom is 0.0340 e. The molecule has 0 bridgehead atoms. The molecule has 2 N–H and O–H groups in total. The van der Waals surface area contributed by atoms with Gasteiger partial charge in [0.2, 0.25) is 0 Å². The molecule has 2 heteroatoms. The van der Waals surface area contributed by atoms with Crippen molar-refractivity contribution in [1.82, 2.24) is 0 Å². The number of nitrogens with two attached hydrogens (primary N) is 1. The highest BCUT2D eigenvalue weighted by molar-refractivity contribution is 6.30. The van der Waals surface area contributed by atoms with Crippen LogP contribution in [0.5, 0.6) is 0 Å². The van der Waals surface area contributed by atoms with Gasteiger partial charge in [-0.15, -0.1) is 0 Å². The Balaban J connectivity index is 2.98. The Labute approximate surface area is 96.3 Å². The molecular formula is C13H16ClN. The summed E-state index contributed by atoms with van der Waals surface area (Å²) in [4.78, 5) is 0. The van der Waals surface area contributed by atoms with Crippen LogP contribution in [0.3, 0.4) is 0 Å². The molecule has 2 unspecified atom stereocenters. The molecule has 0 heterocycles. The third kappa shape index (κ3) is 2.87. The Morgan fingerprint density at radius 3 is 2.80 bits per heavy atom. The normalized spacial score (nSPS) is 28.9. The van der Waals surface area contributed by atoms with Crippen LogP contribution in [0, 0.1) is 11.8 Å². The summed E-state index contributed by atoms with van der Waals surface area (Å²) in [6.45, 7) is 9.84. The molecule has 0 aliphatic heterocycles. The molecule has 1 aliphatic carbocycles. The standard InChI is InChI=1S/C13H16ClN/c1-9(14)8-13-5-4-12(6-7-15)10(2)11(13)3/h4-8,10,12H,1,3,15H2,2H3/b7-6+,13-8-. The van der Waals surface area contributed by atoms with Crippen molar-refractivity contribution >= 4 is 11.6 Å². The summed E-state index contributed by atoms with van der Waals surface area (Å²) < 4.78 is 0. The number of allylic oxidation sites excluding steroid dienone is 7. The predicted molar refractivity (Wildman–Crippen MR) is 67.3 cm³/mol. The molecule has 0 radical (unpaired) electrons. The third-order valence-corrected chi connectivity index (χ3v) is 2.75. The van der Waals surface area contributed by atoms with Crippen molar-refractivity contribution < 1.29 is 0 Å². The summed E-state index contributed by atoms with van der Waals surface area (Å²) in [7, 11) is 0. The fourth-order valence-electron chi connectivity index (χ4n) is 1.65. The fraction of sp³-hybridized carbons (Fsp3) is 0.231. The Hall–Kier alpha value is -1.21. The second-order valence-electron chi connectivity index (χ2n) is 3.68. The largest absolute Gasteiger partial charge is 0.405 e. The van der Waals surface area contributed by atoms with Gasteiger partial charge in [-0.3, -0.25) is 0 Å². The molecule has 0 aromatic heterocycles. The summed E-state index contributed by atoms with van der Waals surface area (Å²) in [6, 6.07) is 0. The summed E-state index contributed by atoms with van der Waals surface area (Å²) in [5.41, 5.74) is 7.51. The molecular weight excluding hydrogens is 206 g/mol.